The van der Waals surface area contributed by atoms with Crippen molar-refractivity contribution in [1.29, 1.82) is 10.5 Å². The van der Waals surface area contributed by atoms with E-state index in [-0.39, 0.29) is 0 Å². The number of benzene rings is 7. The van der Waals surface area contributed by atoms with Crippen LogP contribution in [-0.4, -0.2) is 14.1 Å². The second kappa shape index (κ2) is 12.5. The van der Waals surface area contributed by atoms with E-state index in [4.69, 9.17) is 4.98 Å². The number of rotatable bonds is 5. The molecular formula is C49H29N5. The van der Waals surface area contributed by atoms with E-state index in [0.29, 0.717) is 11.1 Å². The second-order valence-electron chi connectivity index (χ2n) is 13.4. The molecule has 5 heteroatoms. The molecule has 3 heterocycles. The predicted molar refractivity (Wildman–Crippen MR) is 219 cm³/mol. The van der Waals surface area contributed by atoms with Crippen molar-refractivity contribution >= 4 is 43.6 Å². The van der Waals surface area contributed by atoms with Gasteiger partial charge in [-0.15, -0.1) is 0 Å². The monoisotopic (exact) mass is 687 g/mol. The van der Waals surface area contributed by atoms with E-state index in [1.807, 2.05) is 36.7 Å². The molecular weight excluding hydrogens is 659 g/mol. The maximum absolute atomic E-state index is 10.2. The van der Waals surface area contributed by atoms with E-state index < -0.39 is 0 Å². The largest absolute Gasteiger partial charge is 0.307 e. The van der Waals surface area contributed by atoms with E-state index in [0.717, 1.165) is 88.4 Å². The summed E-state index contributed by atoms with van der Waals surface area (Å²) >= 11 is 0. The van der Waals surface area contributed by atoms with Crippen LogP contribution in [0.25, 0.3) is 88.4 Å². The van der Waals surface area contributed by atoms with Crippen LogP contribution in [0.2, 0.25) is 0 Å². The number of para-hydroxylation sites is 2. The number of nitrogens with zero attached hydrogens (tertiary/aromatic N) is 5. The van der Waals surface area contributed by atoms with E-state index in [2.05, 4.69) is 155 Å². The van der Waals surface area contributed by atoms with Crippen molar-refractivity contribution in [2.75, 3.05) is 0 Å². The summed E-state index contributed by atoms with van der Waals surface area (Å²) in [5.41, 5.74) is 12.9. The topological polar surface area (TPSA) is 70.3 Å². The molecule has 0 amide bonds. The molecule has 0 aliphatic carbocycles. The number of aromatic nitrogens is 3. The minimum Gasteiger partial charge on any atom is -0.307 e. The van der Waals surface area contributed by atoms with Gasteiger partial charge in [0, 0.05) is 27.1 Å². The van der Waals surface area contributed by atoms with E-state index in [1.165, 1.54) is 0 Å². The molecule has 0 spiro atoms. The Labute approximate surface area is 311 Å². The smallest absolute Gasteiger partial charge is 0.101 e. The van der Waals surface area contributed by atoms with Gasteiger partial charge in [-0.05, 0) is 76.3 Å². The van der Waals surface area contributed by atoms with Crippen LogP contribution < -0.4 is 0 Å². The van der Waals surface area contributed by atoms with Gasteiger partial charge in [0.1, 0.15) is 12.1 Å². The Hall–Kier alpha value is -7.73. The van der Waals surface area contributed by atoms with Gasteiger partial charge in [0.2, 0.25) is 0 Å². The fourth-order valence-corrected chi connectivity index (χ4v) is 8.05. The molecule has 0 aliphatic heterocycles. The molecule has 0 bridgehead atoms. The highest BCUT2D eigenvalue weighted by atomic mass is 15.0. The molecule has 10 rings (SSSR count). The SMILES string of the molecule is N#Cc1ccc(-c2c(-n3c4ccccc4c4cc(-c5ccccc5)ccc43)cncc2-n2c3ccccc3c3cc(-c4ccccc4)ccc32)cc1C#N. The minimum atomic E-state index is 0.327. The normalized spacial score (nSPS) is 11.3. The molecule has 5 nitrogen and oxygen atoms in total. The van der Waals surface area contributed by atoms with Crippen LogP contribution in [0, 0.1) is 22.7 Å². The van der Waals surface area contributed by atoms with Crippen molar-refractivity contribution in [3.63, 3.8) is 0 Å². The van der Waals surface area contributed by atoms with Crippen LogP contribution >= 0.6 is 0 Å². The summed E-state index contributed by atoms with van der Waals surface area (Å²) in [6.07, 6.45) is 3.84. The highest BCUT2D eigenvalue weighted by Gasteiger charge is 2.23. The van der Waals surface area contributed by atoms with Crippen LogP contribution in [0.15, 0.2) is 176 Å². The van der Waals surface area contributed by atoms with Crippen molar-refractivity contribution in [2.45, 2.75) is 0 Å². The average Bonchev–Trinajstić information content (AvgIpc) is 3.76. The molecule has 250 valence electrons. The van der Waals surface area contributed by atoms with Crippen LogP contribution in [0.3, 0.4) is 0 Å². The molecule has 0 N–H and O–H groups in total. The quantitative estimate of drug-likeness (QED) is 0.181. The summed E-state index contributed by atoms with van der Waals surface area (Å²) in [5.74, 6) is 0. The molecule has 10 aromatic rings. The van der Waals surface area contributed by atoms with Gasteiger partial charge in [0.05, 0.1) is 57.0 Å². The van der Waals surface area contributed by atoms with Crippen LogP contribution in [0.4, 0.5) is 0 Å². The lowest BCUT2D eigenvalue weighted by Crippen LogP contribution is -2.05. The summed E-state index contributed by atoms with van der Waals surface area (Å²) in [7, 11) is 0. The summed E-state index contributed by atoms with van der Waals surface area (Å²) in [4.78, 5) is 4.96. The summed E-state index contributed by atoms with van der Waals surface area (Å²) in [6, 6.07) is 61.1. The lowest BCUT2D eigenvalue weighted by Gasteiger charge is -2.20. The van der Waals surface area contributed by atoms with Gasteiger partial charge in [0.15, 0.2) is 0 Å². The maximum atomic E-state index is 10.2. The van der Waals surface area contributed by atoms with E-state index in [9.17, 15) is 10.5 Å². The first-order valence-corrected chi connectivity index (χ1v) is 17.8. The van der Waals surface area contributed by atoms with E-state index in [1.54, 1.807) is 6.07 Å². The molecule has 0 atom stereocenters. The molecule has 0 unspecified atom stereocenters. The fourth-order valence-electron chi connectivity index (χ4n) is 8.05. The van der Waals surface area contributed by atoms with Crippen molar-refractivity contribution in [1.82, 2.24) is 14.1 Å². The molecule has 0 saturated heterocycles. The summed E-state index contributed by atoms with van der Waals surface area (Å²) < 4.78 is 4.58. The first-order valence-electron chi connectivity index (χ1n) is 17.8. The standard InChI is InChI=1S/C49H29N5/c50-28-37-20-19-36(25-38(37)29-51)49-47(53-43-17-9-7-15-39(43)41-26-34(21-23-45(41)53)32-11-3-1-4-12-32)30-52-31-48(49)54-44-18-10-8-16-40(44)42-27-35(22-24-46(42)54)33-13-5-2-6-14-33/h1-27,30-31H. The van der Waals surface area contributed by atoms with Crippen molar-refractivity contribution in [3.8, 4) is 56.9 Å². The van der Waals surface area contributed by atoms with Gasteiger partial charge < -0.3 is 9.13 Å². The lowest BCUT2D eigenvalue weighted by molar-refractivity contribution is 1.09. The molecule has 0 radical (unpaired) electrons. The first-order chi connectivity index (χ1) is 26.7. The van der Waals surface area contributed by atoms with Gasteiger partial charge >= 0.3 is 0 Å². The van der Waals surface area contributed by atoms with Crippen molar-refractivity contribution < 1.29 is 0 Å². The molecule has 7 aromatic carbocycles. The predicted octanol–water partition coefficient (Wildman–Crippen LogP) is 12.0. The Morgan fingerprint density at radius 2 is 0.815 bits per heavy atom. The lowest BCUT2D eigenvalue weighted by atomic mass is 9.98. The van der Waals surface area contributed by atoms with Gasteiger partial charge in [-0.25, -0.2) is 0 Å². The number of hydrogen-bond acceptors (Lipinski definition) is 3. The molecule has 54 heavy (non-hydrogen) atoms. The highest BCUT2D eigenvalue weighted by molar-refractivity contribution is 6.13. The minimum absolute atomic E-state index is 0.327. The van der Waals surface area contributed by atoms with Gasteiger partial charge in [-0.1, -0.05) is 115 Å². The Kier molecular flexibility index (Phi) is 7.18. The number of hydrogen-bond donors (Lipinski definition) is 0. The summed E-state index contributed by atoms with van der Waals surface area (Å²) in [5, 5.41) is 24.6. The van der Waals surface area contributed by atoms with Gasteiger partial charge in [0.25, 0.3) is 0 Å². The Morgan fingerprint density at radius 3 is 1.31 bits per heavy atom. The number of nitriles is 2. The van der Waals surface area contributed by atoms with Gasteiger partial charge in [-0.2, -0.15) is 10.5 Å². The first kappa shape index (κ1) is 31.0. The number of pyridine rings is 1. The van der Waals surface area contributed by atoms with Gasteiger partial charge in [-0.3, -0.25) is 4.98 Å². The van der Waals surface area contributed by atoms with Crippen LogP contribution in [0.1, 0.15) is 11.1 Å². The van der Waals surface area contributed by atoms with Crippen LogP contribution in [-0.2, 0) is 0 Å². The molecule has 0 aliphatic rings. The van der Waals surface area contributed by atoms with Crippen molar-refractivity contribution in [3.05, 3.63) is 187 Å². The highest BCUT2D eigenvalue weighted by Crippen LogP contribution is 2.43. The zero-order chi connectivity index (χ0) is 36.2. The molecule has 3 aromatic heterocycles. The molecule has 0 saturated carbocycles. The Balaban J connectivity index is 1.31. The van der Waals surface area contributed by atoms with E-state index >= 15 is 0 Å². The maximum Gasteiger partial charge on any atom is 0.101 e. The third-order valence-corrected chi connectivity index (χ3v) is 10.5. The zero-order valence-electron chi connectivity index (χ0n) is 29.0. The zero-order valence-corrected chi connectivity index (χ0v) is 29.0. The fraction of sp³-hybridized carbons (Fsp3) is 0. The Bertz CT molecular complexity index is 3000. The van der Waals surface area contributed by atoms with Crippen LogP contribution in [0.5, 0.6) is 0 Å². The molecule has 0 fully saturated rings. The third kappa shape index (κ3) is 4.81. The second-order valence-corrected chi connectivity index (χ2v) is 13.4. The number of fused-ring (bicyclic) bond motifs is 6. The Morgan fingerprint density at radius 1 is 0.370 bits per heavy atom. The third-order valence-electron chi connectivity index (χ3n) is 10.5. The summed E-state index contributed by atoms with van der Waals surface area (Å²) in [6.45, 7) is 0. The average molecular weight is 688 g/mol. The van der Waals surface area contributed by atoms with Crippen molar-refractivity contribution in [2.24, 2.45) is 0 Å².